The number of rotatable bonds is 1. The van der Waals surface area contributed by atoms with Crippen LogP contribution in [0.5, 0.6) is 0 Å². The number of hydrogen-bond acceptors (Lipinski definition) is 2. The van der Waals surface area contributed by atoms with E-state index in [1.54, 1.807) is 12.4 Å². The molecule has 2 heterocycles. The summed E-state index contributed by atoms with van der Waals surface area (Å²) >= 11 is 0. The molecule has 1 radical (unpaired) electrons. The fourth-order valence-electron chi connectivity index (χ4n) is 1.47. The van der Waals surface area contributed by atoms with Gasteiger partial charge in [0.2, 0.25) is 0 Å². The van der Waals surface area contributed by atoms with Crippen molar-refractivity contribution < 1.29 is 0 Å². The summed E-state index contributed by atoms with van der Waals surface area (Å²) in [6, 6.07) is 3.79. The van der Waals surface area contributed by atoms with Gasteiger partial charge in [0.1, 0.15) is 5.84 Å². The Hall–Kier alpha value is -1.38. The van der Waals surface area contributed by atoms with Gasteiger partial charge >= 0.3 is 0 Å². The summed E-state index contributed by atoms with van der Waals surface area (Å²) < 4.78 is 0. The summed E-state index contributed by atoms with van der Waals surface area (Å²) in [6.07, 6.45) is 6.75. The summed E-state index contributed by atoms with van der Waals surface area (Å²) in [5.41, 5.74) is 0.901. The molecule has 1 aromatic heterocycles. The first-order valence-electron chi connectivity index (χ1n) is 4.43. The zero-order chi connectivity index (χ0) is 9.10. The Kier molecular flexibility index (Phi) is 2.25. The van der Waals surface area contributed by atoms with E-state index in [4.69, 9.17) is 5.41 Å². The lowest BCUT2D eigenvalue weighted by molar-refractivity contribution is 0.524. The number of aromatic nitrogens is 1. The molecule has 1 saturated heterocycles. The molecule has 0 bridgehead atoms. The largest absolute Gasteiger partial charge is 0.356 e. The highest BCUT2D eigenvalue weighted by molar-refractivity contribution is 5.96. The Labute approximate surface area is 77.9 Å². The van der Waals surface area contributed by atoms with Crippen LogP contribution in [0.25, 0.3) is 0 Å². The summed E-state index contributed by atoms with van der Waals surface area (Å²) in [7, 11) is 0. The number of nitrogens with zero attached hydrogens (tertiary/aromatic N) is 2. The SMILES string of the molecule is N=C(c1cccnc1)N1C[CH]CC1. The lowest BCUT2D eigenvalue weighted by atomic mass is 10.2. The Balaban J connectivity index is 2.13. The van der Waals surface area contributed by atoms with Gasteiger partial charge < -0.3 is 4.90 Å². The fraction of sp³-hybridized carbons (Fsp3) is 0.300. The van der Waals surface area contributed by atoms with Crippen molar-refractivity contribution in [2.75, 3.05) is 13.1 Å². The molecule has 67 valence electrons. The first-order chi connectivity index (χ1) is 6.38. The van der Waals surface area contributed by atoms with Gasteiger partial charge in [0.25, 0.3) is 0 Å². The second-order valence-corrected chi connectivity index (χ2v) is 3.11. The molecule has 1 aromatic rings. The zero-order valence-corrected chi connectivity index (χ0v) is 7.40. The Morgan fingerprint density at radius 2 is 2.46 bits per heavy atom. The van der Waals surface area contributed by atoms with E-state index in [9.17, 15) is 0 Å². The van der Waals surface area contributed by atoms with E-state index >= 15 is 0 Å². The minimum Gasteiger partial charge on any atom is -0.356 e. The lowest BCUT2D eigenvalue weighted by Gasteiger charge is -2.17. The maximum Gasteiger partial charge on any atom is 0.129 e. The molecular formula is C10H12N3. The molecule has 1 fully saturated rings. The summed E-state index contributed by atoms with van der Waals surface area (Å²) in [5, 5.41) is 7.89. The van der Waals surface area contributed by atoms with Crippen molar-refractivity contribution >= 4 is 5.84 Å². The molecule has 0 aliphatic carbocycles. The van der Waals surface area contributed by atoms with Crippen molar-refractivity contribution in [3.05, 3.63) is 36.5 Å². The Bertz CT molecular complexity index is 288. The third-order valence-corrected chi connectivity index (χ3v) is 2.20. The maximum atomic E-state index is 7.89. The van der Waals surface area contributed by atoms with Crippen LogP contribution in [0.1, 0.15) is 12.0 Å². The van der Waals surface area contributed by atoms with Gasteiger partial charge in [0.15, 0.2) is 0 Å². The van der Waals surface area contributed by atoms with Gasteiger partial charge in [-0.1, -0.05) is 0 Å². The van der Waals surface area contributed by atoms with Crippen molar-refractivity contribution in [2.24, 2.45) is 0 Å². The average Bonchev–Trinajstić information content (AvgIpc) is 2.71. The predicted octanol–water partition coefficient (Wildman–Crippen LogP) is 1.32. The number of likely N-dealkylation sites (tertiary alicyclic amines) is 1. The van der Waals surface area contributed by atoms with Crippen LogP contribution in [0, 0.1) is 11.8 Å². The smallest absolute Gasteiger partial charge is 0.129 e. The molecule has 1 aliphatic heterocycles. The molecule has 1 aliphatic rings. The second kappa shape index (κ2) is 3.56. The first kappa shape index (κ1) is 8.23. The van der Waals surface area contributed by atoms with E-state index in [1.165, 1.54) is 0 Å². The topological polar surface area (TPSA) is 40.0 Å². The van der Waals surface area contributed by atoms with Gasteiger partial charge in [-0.25, -0.2) is 0 Å². The van der Waals surface area contributed by atoms with Gasteiger partial charge in [-0.3, -0.25) is 10.4 Å². The van der Waals surface area contributed by atoms with E-state index < -0.39 is 0 Å². The van der Waals surface area contributed by atoms with Crippen molar-refractivity contribution in [2.45, 2.75) is 6.42 Å². The van der Waals surface area contributed by atoms with Crippen LogP contribution in [0.3, 0.4) is 0 Å². The molecule has 0 amide bonds. The molecule has 0 aromatic carbocycles. The highest BCUT2D eigenvalue weighted by Crippen LogP contribution is 2.10. The Morgan fingerprint density at radius 1 is 1.54 bits per heavy atom. The molecule has 1 N–H and O–H groups in total. The lowest BCUT2D eigenvalue weighted by Crippen LogP contribution is -2.27. The highest BCUT2D eigenvalue weighted by Gasteiger charge is 2.15. The normalized spacial score (nSPS) is 16.2. The molecule has 0 atom stereocenters. The van der Waals surface area contributed by atoms with Crippen molar-refractivity contribution in [3.63, 3.8) is 0 Å². The van der Waals surface area contributed by atoms with Crippen LogP contribution in [0.2, 0.25) is 0 Å². The minimum atomic E-state index is 0.585. The quantitative estimate of drug-likeness (QED) is 0.515. The molecule has 0 saturated carbocycles. The first-order valence-corrected chi connectivity index (χ1v) is 4.43. The van der Waals surface area contributed by atoms with Gasteiger partial charge in [0, 0.05) is 31.0 Å². The average molecular weight is 174 g/mol. The maximum absolute atomic E-state index is 7.89. The molecule has 3 nitrogen and oxygen atoms in total. The third kappa shape index (κ3) is 1.69. The van der Waals surface area contributed by atoms with Crippen LogP contribution in [-0.4, -0.2) is 28.8 Å². The van der Waals surface area contributed by atoms with Crippen LogP contribution >= 0.6 is 0 Å². The van der Waals surface area contributed by atoms with E-state index in [-0.39, 0.29) is 0 Å². The molecule has 0 spiro atoms. The molecular weight excluding hydrogens is 162 g/mol. The van der Waals surface area contributed by atoms with Crippen molar-refractivity contribution in [1.82, 2.24) is 9.88 Å². The Morgan fingerprint density at radius 3 is 3.08 bits per heavy atom. The second-order valence-electron chi connectivity index (χ2n) is 3.11. The summed E-state index contributed by atoms with van der Waals surface area (Å²) in [4.78, 5) is 6.05. The predicted molar refractivity (Wildman–Crippen MR) is 51.6 cm³/mol. The molecule has 0 unspecified atom stereocenters. The van der Waals surface area contributed by atoms with E-state index in [0.29, 0.717) is 5.84 Å². The minimum absolute atomic E-state index is 0.585. The highest BCUT2D eigenvalue weighted by atomic mass is 15.2. The van der Waals surface area contributed by atoms with Gasteiger partial charge in [0.05, 0.1) is 0 Å². The summed E-state index contributed by atoms with van der Waals surface area (Å²) in [6.45, 7) is 1.86. The monoisotopic (exact) mass is 174 g/mol. The van der Waals surface area contributed by atoms with Crippen molar-refractivity contribution in [1.29, 1.82) is 5.41 Å². The van der Waals surface area contributed by atoms with E-state index in [0.717, 1.165) is 25.1 Å². The number of nitrogens with one attached hydrogen (secondary N) is 1. The molecule has 2 rings (SSSR count). The number of hydrogen-bond donors (Lipinski definition) is 1. The standard InChI is InChI=1S/C10H12N3/c11-10(13-6-1-2-7-13)9-4-3-5-12-8-9/h1,3-5,8,11H,2,6-7H2. The van der Waals surface area contributed by atoms with Crippen LogP contribution in [0.4, 0.5) is 0 Å². The fourth-order valence-corrected chi connectivity index (χ4v) is 1.47. The molecule has 3 heteroatoms. The number of pyridine rings is 1. The third-order valence-electron chi connectivity index (χ3n) is 2.20. The van der Waals surface area contributed by atoms with E-state index in [2.05, 4.69) is 16.3 Å². The zero-order valence-electron chi connectivity index (χ0n) is 7.40. The van der Waals surface area contributed by atoms with E-state index in [1.807, 2.05) is 12.1 Å². The van der Waals surface area contributed by atoms with Gasteiger partial charge in [-0.2, -0.15) is 0 Å². The van der Waals surface area contributed by atoms with Gasteiger partial charge in [-0.15, -0.1) is 0 Å². The van der Waals surface area contributed by atoms with Crippen LogP contribution < -0.4 is 0 Å². The van der Waals surface area contributed by atoms with Crippen LogP contribution in [0.15, 0.2) is 24.5 Å². The van der Waals surface area contributed by atoms with Gasteiger partial charge in [-0.05, 0) is 25.0 Å². The van der Waals surface area contributed by atoms with Crippen LogP contribution in [-0.2, 0) is 0 Å². The number of amidine groups is 1. The molecule has 13 heavy (non-hydrogen) atoms. The van der Waals surface area contributed by atoms with Crippen molar-refractivity contribution in [3.8, 4) is 0 Å². The summed E-state index contributed by atoms with van der Waals surface area (Å²) in [5.74, 6) is 0.585.